The molecule has 1 heterocycles. The van der Waals surface area contributed by atoms with E-state index < -0.39 is 6.16 Å². The van der Waals surface area contributed by atoms with Gasteiger partial charge in [0.25, 0.3) is 0 Å². The van der Waals surface area contributed by atoms with Crippen molar-refractivity contribution in [2.75, 3.05) is 0 Å². The summed E-state index contributed by atoms with van der Waals surface area (Å²) in [6, 6.07) is 0. The van der Waals surface area contributed by atoms with E-state index in [1.54, 1.807) is 6.08 Å². The summed E-state index contributed by atoms with van der Waals surface area (Å²) in [6.45, 7) is 9.00. The Morgan fingerprint density at radius 1 is 1.73 bits per heavy atom. The Kier molecular flexibility index (Phi) is 1.98. The Bertz CT molecular complexity index is 207. The molecule has 0 amide bonds. The molecule has 1 aliphatic rings. The van der Waals surface area contributed by atoms with Crippen LogP contribution in [0.25, 0.3) is 0 Å². The molecule has 1 fully saturated rings. The van der Waals surface area contributed by atoms with Crippen LogP contribution in [0.1, 0.15) is 6.92 Å². The lowest BCUT2D eigenvalue weighted by atomic mass is 10.0. The zero-order chi connectivity index (χ0) is 8.43. The summed E-state index contributed by atoms with van der Waals surface area (Å²) in [4.78, 5) is 10.5. The average Bonchev–Trinajstić information content (AvgIpc) is 2.28. The van der Waals surface area contributed by atoms with Crippen LogP contribution in [-0.2, 0) is 9.47 Å². The Morgan fingerprint density at radius 2 is 2.36 bits per heavy atom. The lowest BCUT2D eigenvalue weighted by molar-refractivity contribution is 0.109. The second kappa shape index (κ2) is 2.78. The van der Waals surface area contributed by atoms with Crippen LogP contribution in [0.4, 0.5) is 4.79 Å². The second-order valence-corrected chi connectivity index (χ2v) is 2.45. The van der Waals surface area contributed by atoms with Gasteiger partial charge in [-0.3, -0.25) is 0 Å². The lowest BCUT2D eigenvalue weighted by Gasteiger charge is -2.10. The Labute approximate surface area is 65.3 Å². The standard InChI is InChI=1S/C8H10O3/c1-4-5(2)7-6(3)10-8(9)11-7/h4-5,7H,1,3H2,2H3/t5-,7-/m1/s1. The van der Waals surface area contributed by atoms with Gasteiger partial charge in [0, 0.05) is 5.92 Å². The predicted molar refractivity (Wildman–Crippen MR) is 39.9 cm³/mol. The quantitative estimate of drug-likeness (QED) is 0.450. The summed E-state index contributed by atoms with van der Waals surface area (Å²) in [6.07, 6.45) is 0.659. The zero-order valence-electron chi connectivity index (χ0n) is 6.37. The minimum absolute atomic E-state index is 0.0500. The van der Waals surface area contributed by atoms with Gasteiger partial charge in [-0.1, -0.05) is 19.6 Å². The zero-order valence-corrected chi connectivity index (χ0v) is 6.37. The molecule has 1 aliphatic heterocycles. The summed E-state index contributed by atoms with van der Waals surface area (Å²) in [5.74, 6) is 0.413. The van der Waals surface area contributed by atoms with E-state index in [0.29, 0.717) is 5.76 Å². The molecule has 3 nitrogen and oxygen atoms in total. The van der Waals surface area contributed by atoms with Gasteiger partial charge in [0.05, 0.1) is 0 Å². The lowest BCUT2D eigenvalue weighted by Crippen LogP contribution is -2.16. The van der Waals surface area contributed by atoms with E-state index in [1.807, 2.05) is 6.92 Å². The fourth-order valence-electron chi connectivity index (χ4n) is 0.883. The van der Waals surface area contributed by atoms with Crippen molar-refractivity contribution in [1.29, 1.82) is 0 Å². The molecular formula is C8H10O3. The molecule has 0 aromatic rings. The largest absolute Gasteiger partial charge is 0.514 e. The highest BCUT2D eigenvalue weighted by Crippen LogP contribution is 2.24. The van der Waals surface area contributed by atoms with Crippen molar-refractivity contribution in [3.63, 3.8) is 0 Å². The first kappa shape index (κ1) is 7.85. The fraction of sp³-hybridized carbons (Fsp3) is 0.375. The Balaban J connectivity index is 2.66. The van der Waals surface area contributed by atoms with Crippen molar-refractivity contribution >= 4 is 6.16 Å². The van der Waals surface area contributed by atoms with Crippen molar-refractivity contribution in [2.45, 2.75) is 13.0 Å². The van der Waals surface area contributed by atoms with Gasteiger partial charge in [-0.2, -0.15) is 0 Å². The Morgan fingerprint density at radius 3 is 2.73 bits per heavy atom. The molecule has 0 radical (unpaired) electrons. The van der Waals surface area contributed by atoms with Crippen molar-refractivity contribution in [3.05, 3.63) is 25.0 Å². The molecule has 11 heavy (non-hydrogen) atoms. The fourth-order valence-corrected chi connectivity index (χ4v) is 0.883. The summed E-state index contributed by atoms with van der Waals surface area (Å²) < 4.78 is 9.39. The van der Waals surface area contributed by atoms with Crippen LogP contribution in [0.5, 0.6) is 0 Å². The number of hydrogen-bond acceptors (Lipinski definition) is 3. The smallest absolute Gasteiger partial charge is 0.422 e. The molecule has 0 bridgehead atoms. The van der Waals surface area contributed by atoms with Gasteiger partial charge in [0.15, 0.2) is 6.10 Å². The third kappa shape index (κ3) is 1.42. The van der Waals surface area contributed by atoms with Crippen molar-refractivity contribution in [2.24, 2.45) is 5.92 Å². The number of cyclic esters (lactones) is 2. The second-order valence-electron chi connectivity index (χ2n) is 2.45. The van der Waals surface area contributed by atoms with E-state index in [4.69, 9.17) is 4.74 Å². The number of ether oxygens (including phenoxy) is 2. The van der Waals surface area contributed by atoms with Gasteiger partial charge in [0.1, 0.15) is 5.76 Å². The third-order valence-corrected chi connectivity index (χ3v) is 1.60. The number of carbonyl (C=O) groups is 1. The topological polar surface area (TPSA) is 35.5 Å². The molecule has 1 saturated heterocycles. The van der Waals surface area contributed by atoms with Gasteiger partial charge in [0.2, 0.25) is 0 Å². The van der Waals surface area contributed by atoms with Crippen molar-refractivity contribution < 1.29 is 14.3 Å². The van der Waals surface area contributed by atoms with Crippen LogP contribution in [0.3, 0.4) is 0 Å². The molecule has 0 saturated carbocycles. The monoisotopic (exact) mass is 154 g/mol. The molecular weight excluding hydrogens is 144 g/mol. The van der Waals surface area contributed by atoms with Crippen LogP contribution in [0, 0.1) is 5.92 Å². The number of hydrogen-bond donors (Lipinski definition) is 0. The first-order chi connectivity index (χ1) is 5.15. The van der Waals surface area contributed by atoms with Gasteiger partial charge < -0.3 is 9.47 Å². The SMILES string of the molecule is C=C[C@@H](C)[C@H]1OC(=O)OC1=C. The van der Waals surface area contributed by atoms with Gasteiger partial charge in [-0.25, -0.2) is 4.79 Å². The highest BCUT2D eigenvalue weighted by Gasteiger charge is 2.32. The summed E-state index contributed by atoms with van der Waals surface area (Å²) in [5, 5.41) is 0. The van der Waals surface area contributed by atoms with E-state index in [-0.39, 0.29) is 12.0 Å². The van der Waals surface area contributed by atoms with Crippen LogP contribution in [0.2, 0.25) is 0 Å². The molecule has 0 aromatic heterocycles. The van der Waals surface area contributed by atoms with E-state index in [9.17, 15) is 4.79 Å². The van der Waals surface area contributed by atoms with Gasteiger partial charge >= 0.3 is 6.16 Å². The average molecular weight is 154 g/mol. The van der Waals surface area contributed by atoms with Gasteiger partial charge in [-0.15, -0.1) is 6.58 Å². The minimum atomic E-state index is -0.673. The van der Waals surface area contributed by atoms with Crippen LogP contribution in [-0.4, -0.2) is 12.3 Å². The molecule has 60 valence electrons. The maximum Gasteiger partial charge on any atom is 0.514 e. The first-order valence-electron chi connectivity index (χ1n) is 3.35. The molecule has 0 N–H and O–H groups in total. The normalized spacial score (nSPS) is 25.7. The summed E-state index contributed by atoms with van der Waals surface area (Å²) >= 11 is 0. The van der Waals surface area contributed by atoms with E-state index in [0.717, 1.165) is 0 Å². The van der Waals surface area contributed by atoms with Crippen molar-refractivity contribution in [3.8, 4) is 0 Å². The summed E-state index contributed by atoms with van der Waals surface area (Å²) in [7, 11) is 0. The Hall–Kier alpha value is -1.25. The maximum absolute atomic E-state index is 10.5. The predicted octanol–water partition coefficient (Wildman–Crippen LogP) is 1.86. The van der Waals surface area contributed by atoms with Gasteiger partial charge in [-0.05, 0) is 0 Å². The molecule has 2 atom stereocenters. The number of carbonyl (C=O) groups excluding carboxylic acids is 1. The molecule has 0 aromatic carbocycles. The van der Waals surface area contributed by atoms with E-state index in [2.05, 4.69) is 17.9 Å². The molecule has 0 unspecified atom stereocenters. The molecule has 0 aliphatic carbocycles. The van der Waals surface area contributed by atoms with Crippen LogP contribution < -0.4 is 0 Å². The van der Waals surface area contributed by atoms with Crippen LogP contribution in [0.15, 0.2) is 25.0 Å². The maximum atomic E-state index is 10.5. The highest BCUT2D eigenvalue weighted by atomic mass is 16.8. The first-order valence-corrected chi connectivity index (χ1v) is 3.35. The molecule has 3 heteroatoms. The highest BCUT2D eigenvalue weighted by molar-refractivity contribution is 5.65. The van der Waals surface area contributed by atoms with E-state index >= 15 is 0 Å². The molecule has 0 spiro atoms. The summed E-state index contributed by atoms with van der Waals surface area (Å²) in [5.41, 5.74) is 0. The third-order valence-electron chi connectivity index (χ3n) is 1.60. The van der Waals surface area contributed by atoms with E-state index in [1.165, 1.54) is 0 Å². The minimum Gasteiger partial charge on any atom is -0.422 e. The molecule has 1 rings (SSSR count). The van der Waals surface area contributed by atoms with Crippen LogP contribution >= 0.6 is 0 Å². The number of rotatable bonds is 2. The van der Waals surface area contributed by atoms with Crippen molar-refractivity contribution in [1.82, 2.24) is 0 Å².